The number of aromatic nitrogens is 1. The summed E-state index contributed by atoms with van der Waals surface area (Å²) < 4.78 is 11.0. The number of urea groups is 1. The van der Waals surface area contributed by atoms with E-state index in [1.165, 1.54) is 19.3 Å². The number of nitrogens with zero attached hydrogens (tertiary/aromatic N) is 2. The fraction of sp³-hybridized carbons (Fsp3) is 0.667. The lowest BCUT2D eigenvalue weighted by molar-refractivity contribution is 0.0320. The van der Waals surface area contributed by atoms with Gasteiger partial charge in [0.15, 0.2) is 0 Å². The number of ether oxygens (including phenoxy) is 2. The molecule has 25 heavy (non-hydrogen) atoms. The fourth-order valence-corrected chi connectivity index (χ4v) is 3.24. The van der Waals surface area contributed by atoms with Gasteiger partial charge in [-0.1, -0.05) is 19.3 Å². The minimum Gasteiger partial charge on any atom is -0.476 e. The van der Waals surface area contributed by atoms with Crippen LogP contribution in [0.2, 0.25) is 0 Å². The van der Waals surface area contributed by atoms with Gasteiger partial charge in [-0.2, -0.15) is 0 Å². The molecule has 0 radical (unpaired) electrons. The van der Waals surface area contributed by atoms with Gasteiger partial charge in [0, 0.05) is 31.7 Å². The second-order valence-electron chi connectivity index (χ2n) is 6.62. The molecule has 0 bridgehead atoms. The Bertz CT molecular complexity index is 526. The number of hydrogen-bond acceptors (Lipinski definition) is 5. The van der Waals surface area contributed by atoms with Crippen LogP contribution in [0.15, 0.2) is 18.3 Å². The Balaban J connectivity index is 1.36. The molecule has 0 atom stereocenters. The van der Waals surface area contributed by atoms with Crippen LogP contribution in [0.1, 0.15) is 32.1 Å². The van der Waals surface area contributed by atoms with Crippen LogP contribution in [-0.2, 0) is 4.74 Å². The third-order valence-corrected chi connectivity index (χ3v) is 4.70. The summed E-state index contributed by atoms with van der Waals surface area (Å²) in [5, 5.41) is 5.86. The molecule has 2 N–H and O–H groups in total. The number of amides is 2. The number of carbonyl (C=O) groups is 1. The van der Waals surface area contributed by atoms with Gasteiger partial charge in [0.2, 0.25) is 5.88 Å². The predicted molar refractivity (Wildman–Crippen MR) is 96.0 cm³/mol. The third kappa shape index (κ3) is 6.17. The lowest BCUT2D eigenvalue weighted by Gasteiger charge is -2.26. The van der Waals surface area contributed by atoms with Gasteiger partial charge in [0.1, 0.15) is 6.61 Å². The first kappa shape index (κ1) is 17.9. The molecule has 1 saturated carbocycles. The Morgan fingerprint density at radius 1 is 1.24 bits per heavy atom. The minimum absolute atomic E-state index is 0.158. The van der Waals surface area contributed by atoms with Crippen LogP contribution < -0.4 is 15.4 Å². The first-order valence-corrected chi connectivity index (χ1v) is 9.26. The molecule has 0 unspecified atom stereocenters. The van der Waals surface area contributed by atoms with Crippen LogP contribution in [0.3, 0.4) is 0 Å². The van der Waals surface area contributed by atoms with Crippen molar-refractivity contribution >= 4 is 11.7 Å². The molecular weight excluding hydrogens is 320 g/mol. The first-order valence-electron chi connectivity index (χ1n) is 9.26. The van der Waals surface area contributed by atoms with Crippen LogP contribution in [0.4, 0.5) is 10.5 Å². The molecule has 2 aliphatic rings. The van der Waals surface area contributed by atoms with Gasteiger partial charge < -0.3 is 20.1 Å². The maximum absolute atomic E-state index is 12.0. The van der Waals surface area contributed by atoms with Crippen molar-refractivity contribution in [3.63, 3.8) is 0 Å². The van der Waals surface area contributed by atoms with E-state index in [9.17, 15) is 4.79 Å². The summed E-state index contributed by atoms with van der Waals surface area (Å²) in [5.74, 6) is 0.575. The molecule has 2 fully saturated rings. The highest BCUT2D eigenvalue weighted by Gasteiger charge is 2.15. The van der Waals surface area contributed by atoms with E-state index in [1.54, 1.807) is 12.3 Å². The number of carbonyl (C=O) groups excluding carboxylic acids is 1. The van der Waals surface area contributed by atoms with Crippen molar-refractivity contribution in [2.75, 3.05) is 44.8 Å². The number of rotatable bonds is 6. The van der Waals surface area contributed by atoms with Crippen LogP contribution in [-0.4, -0.2) is 61.4 Å². The Morgan fingerprint density at radius 3 is 2.76 bits per heavy atom. The fourth-order valence-electron chi connectivity index (χ4n) is 3.24. The molecule has 1 aromatic heterocycles. The van der Waals surface area contributed by atoms with Gasteiger partial charge in [-0.25, -0.2) is 9.78 Å². The number of nitrogens with one attached hydrogen (secondary N) is 2. The van der Waals surface area contributed by atoms with Crippen molar-refractivity contribution < 1.29 is 14.3 Å². The van der Waals surface area contributed by atoms with Crippen LogP contribution in [0.5, 0.6) is 5.88 Å². The average Bonchev–Trinajstić information content (AvgIpc) is 2.65. The molecule has 1 saturated heterocycles. The average molecular weight is 348 g/mol. The summed E-state index contributed by atoms with van der Waals surface area (Å²) in [6.07, 6.45) is 7.44. The molecule has 7 heteroatoms. The number of anilines is 1. The molecule has 0 spiro atoms. The summed E-state index contributed by atoms with van der Waals surface area (Å²) in [6, 6.07) is 3.74. The molecule has 7 nitrogen and oxygen atoms in total. The Kier molecular flexibility index (Phi) is 6.88. The lowest BCUT2D eigenvalue weighted by Crippen LogP contribution is -2.39. The predicted octanol–water partition coefficient (Wildman–Crippen LogP) is 2.25. The standard InChI is InChI=1S/C18H28N4O3/c23-18(20-15-4-2-1-3-5-15)21-16-6-7-17(19-14-16)25-13-10-22-8-11-24-12-9-22/h6-7,14-15H,1-5,8-13H2,(H2,20,21,23). The Labute approximate surface area is 149 Å². The zero-order valence-corrected chi connectivity index (χ0v) is 14.7. The molecule has 1 aliphatic heterocycles. The highest BCUT2D eigenvalue weighted by molar-refractivity contribution is 5.89. The van der Waals surface area contributed by atoms with Gasteiger partial charge in [-0.05, 0) is 18.9 Å². The number of hydrogen-bond donors (Lipinski definition) is 2. The molecular formula is C18H28N4O3. The molecule has 1 aliphatic carbocycles. The molecule has 3 rings (SSSR count). The maximum atomic E-state index is 12.0. The molecule has 138 valence electrons. The summed E-state index contributed by atoms with van der Waals surface area (Å²) >= 11 is 0. The lowest BCUT2D eigenvalue weighted by atomic mass is 9.96. The van der Waals surface area contributed by atoms with Crippen molar-refractivity contribution in [2.45, 2.75) is 38.1 Å². The van der Waals surface area contributed by atoms with E-state index in [1.807, 2.05) is 6.07 Å². The van der Waals surface area contributed by atoms with Crippen molar-refractivity contribution in [3.05, 3.63) is 18.3 Å². The zero-order chi connectivity index (χ0) is 17.3. The number of pyridine rings is 1. The summed E-state index contributed by atoms with van der Waals surface area (Å²) in [6.45, 7) is 4.96. The first-order chi connectivity index (χ1) is 12.3. The summed E-state index contributed by atoms with van der Waals surface area (Å²) in [7, 11) is 0. The van der Waals surface area contributed by atoms with E-state index in [4.69, 9.17) is 9.47 Å². The van der Waals surface area contributed by atoms with Crippen molar-refractivity contribution in [1.29, 1.82) is 0 Å². The second-order valence-corrected chi connectivity index (χ2v) is 6.62. The smallest absolute Gasteiger partial charge is 0.319 e. The van der Waals surface area contributed by atoms with E-state index >= 15 is 0 Å². The van der Waals surface area contributed by atoms with E-state index in [2.05, 4.69) is 20.5 Å². The summed E-state index contributed by atoms with van der Waals surface area (Å²) in [4.78, 5) is 18.6. The highest BCUT2D eigenvalue weighted by Crippen LogP contribution is 2.17. The second kappa shape index (κ2) is 9.58. The van der Waals surface area contributed by atoms with E-state index in [0.717, 1.165) is 45.7 Å². The monoisotopic (exact) mass is 348 g/mol. The van der Waals surface area contributed by atoms with Crippen molar-refractivity contribution in [2.24, 2.45) is 0 Å². The molecule has 0 aromatic carbocycles. The van der Waals surface area contributed by atoms with Gasteiger partial charge >= 0.3 is 6.03 Å². The molecule has 1 aromatic rings. The summed E-state index contributed by atoms with van der Waals surface area (Å²) in [5.41, 5.74) is 0.675. The quantitative estimate of drug-likeness (QED) is 0.825. The van der Waals surface area contributed by atoms with Gasteiger partial charge in [-0.15, -0.1) is 0 Å². The van der Waals surface area contributed by atoms with Crippen LogP contribution in [0.25, 0.3) is 0 Å². The molecule has 2 amide bonds. The van der Waals surface area contributed by atoms with E-state index in [-0.39, 0.29) is 6.03 Å². The van der Waals surface area contributed by atoms with Crippen LogP contribution in [0, 0.1) is 0 Å². The van der Waals surface area contributed by atoms with Gasteiger partial charge in [0.25, 0.3) is 0 Å². The van der Waals surface area contributed by atoms with Crippen LogP contribution >= 0.6 is 0 Å². The van der Waals surface area contributed by atoms with Crippen molar-refractivity contribution in [3.8, 4) is 5.88 Å². The molecule has 2 heterocycles. The maximum Gasteiger partial charge on any atom is 0.319 e. The minimum atomic E-state index is -0.158. The normalized spacial score (nSPS) is 19.4. The third-order valence-electron chi connectivity index (χ3n) is 4.70. The van der Waals surface area contributed by atoms with E-state index in [0.29, 0.717) is 24.2 Å². The Hall–Kier alpha value is -1.86. The zero-order valence-electron chi connectivity index (χ0n) is 14.7. The van der Waals surface area contributed by atoms with Gasteiger partial charge in [0.05, 0.1) is 25.1 Å². The van der Waals surface area contributed by atoms with Crippen molar-refractivity contribution in [1.82, 2.24) is 15.2 Å². The largest absolute Gasteiger partial charge is 0.476 e. The van der Waals surface area contributed by atoms with E-state index < -0.39 is 0 Å². The highest BCUT2D eigenvalue weighted by atomic mass is 16.5. The Morgan fingerprint density at radius 2 is 2.04 bits per heavy atom. The SMILES string of the molecule is O=C(Nc1ccc(OCCN2CCOCC2)nc1)NC1CCCCC1. The van der Waals surface area contributed by atoms with Gasteiger partial charge in [-0.3, -0.25) is 4.90 Å². The number of morpholine rings is 1. The topological polar surface area (TPSA) is 75.7 Å².